The van der Waals surface area contributed by atoms with Crippen molar-refractivity contribution in [2.24, 2.45) is 5.73 Å². The van der Waals surface area contributed by atoms with Crippen LogP contribution in [0.1, 0.15) is 17.7 Å². The highest BCUT2D eigenvalue weighted by molar-refractivity contribution is 5.30. The third-order valence-corrected chi connectivity index (χ3v) is 3.60. The quantitative estimate of drug-likeness (QED) is 0.416. The topological polar surface area (TPSA) is 77.9 Å². The zero-order chi connectivity index (χ0) is 17.4. The molecular formula is C19H23NO4. The molecule has 0 bridgehead atoms. The first kappa shape index (κ1) is 17.8. The van der Waals surface area contributed by atoms with Crippen LogP contribution in [0.25, 0.3) is 0 Å². The van der Waals surface area contributed by atoms with E-state index in [1.165, 1.54) is 6.26 Å². The van der Waals surface area contributed by atoms with E-state index in [1.807, 2.05) is 30.3 Å². The van der Waals surface area contributed by atoms with Gasteiger partial charge in [0.05, 0.1) is 25.7 Å². The number of aliphatic hydroxyl groups is 1. The van der Waals surface area contributed by atoms with Gasteiger partial charge in [0.2, 0.25) is 0 Å². The number of hydrogen-bond acceptors (Lipinski definition) is 5. The maximum atomic E-state index is 10.3. The van der Waals surface area contributed by atoms with E-state index < -0.39 is 6.23 Å². The molecular weight excluding hydrogens is 306 g/mol. The number of ether oxygens (including phenoxy) is 2. The Hall–Kier alpha value is -2.50. The van der Waals surface area contributed by atoms with Crippen LogP contribution in [0.4, 0.5) is 0 Å². The number of furan rings is 1. The number of methoxy groups -OCH3 is 1. The summed E-state index contributed by atoms with van der Waals surface area (Å²) in [6.45, 7) is 3.99. The fraction of sp³-hybridized carbons (Fsp3) is 0.263. The fourth-order valence-electron chi connectivity index (χ4n) is 2.31. The van der Waals surface area contributed by atoms with E-state index >= 15 is 0 Å². The lowest BCUT2D eigenvalue weighted by molar-refractivity contribution is 0.0635. The predicted octanol–water partition coefficient (Wildman–Crippen LogP) is 3.72. The second-order valence-corrected chi connectivity index (χ2v) is 5.27. The Labute approximate surface area is 142 Å². The monoisotopic (exact) mass is 329 g/mol. The number of aliphatic hydroxyl groups excluding tert-OH is 1. The number of rotatable bonds is 9. The summed E-state index contributed by atoms with van der Waals surface area (Å²) in [6.07, 6.45) is 2.98. The van der Waals surface area contributed by atoms with Crippen LogP contribution in [-0.2, 0) is 17.8 Å². The van der Waals surface area contributed by atoms with Crippen molar-refractivity contribution in [1.29, 1.82) is 0 Å². The van der Waals surface area contributed by atoms with E-state index in [1.54, 1.807) is 19.3 Å². The summed E-state index contributed by atoms with van der Waals surface area (Å²) in [4.78, 5) is 0. The normalized spacial score (nSPS) is 13.2. The zero-order valence-corrected chi connectivity index (χ0v) is 13.8. The molecule has 0 spiro atoms. The molecule has 1 aromatic heterocycles. The molecule has 0 aliphatic carbocycles. The van der Waals surface area contributed by atoms with E-state index in [0.717, 1.165) is 5.56 Å². The fourth-order valence-corrected chi connectivity index (χ4v) is 2.31. The Bertz CT molecular complexity index is 676. The summed E-state index contributed by atoms with van der Waals surface area (Å²) in [5.74, 6) is 1.32. The molecule has 1 aromatic carbocycles. The van der Waals surface area contributed by atoms with Gasteiger partial charge in [-0.3, -0.25) is 0 Å². The summed E-state index contributed by atoms with van der Waals surface area (Å²) < 4.78 is 16.4. The second kappa shape index (κ2) is 8.96. The minimum absolute atomic E-state index is 0.129. The van der Waals surface area contributed by atoms with Crippen molar-refractivity contribution in [3.05, 3.63) is 78.0 Å². The standard InChI is InChI=1S/C19H23NO4/c1-3-7-16(21)15(12-18-17(22-2)10-11-23-18)19(20)24-13-14-8-5-4-6-9-14/h3-6,8-11,19,21H,1,7,12-13,20H2,2H3/b16-15-. The highest BCUT2D eigenvalue weighted by Gasteiger charge is 2.19. The van der Waals surface area contributed by atoms with Gasteiger partial charge in [0, 0.05) is 24.5 Å². The van der Waals surface area contributed by atoms with Gasteiger partial charge >= 0.3 is 0 Å². The summed E-state index contributed by atoms with van der Waals surface area (Å²) in [6, 6.07) is 11.4. The smallest absolute Gasteiger partial charge is 0.160 e. The molecule has 0 fully saturated rings. The lowest BCUT2D eigenvalue weighted by atomic mass is 10.1. The average molecular weight is 329 g/mol. The van der Waals surface area contributed by atoms with Crippen LogP contribution < -0.4 is 10.5 Å². The summed E-state index contributed by atoms with van der Waals surface area (Å²) in [5, 5.41) is 10.3. The molecule has 0 radical (unpaired) electrons. The van der Waals surface area contributed by atoms with Gasteiger partial charge in [-0.25, -0.2) is 0 Å². The second-order valence-electron chi connectivity index (χ2n) is 5.27. The molecule has 0 saturated carbocycles. The van der Waals surface area contributed by atoms with Crippen LogP contribution in [0.5, 0.6) is 5.75 Å². The van der Waals surface area contributed by atoms with Crippen molar-refractivity contribution >= 4 is 0 Å². The molecule has 1 heterocycles. The zero-order valence-electron chi connectivity index (χ0n) is 13.8. The van der Waals surface area contributed by atoms with E-state index in [2.05, 4.69) is 6.58 Å². The molecule has 24 heavy (non-hydrogen) atoms. The Kier molecular flexibility index (Phi) is 6.66. The number of nitrogens with two attached hydrogens (primary N) is 1. The van der Waals surface area contributed by atoms with Gasteiger partial charge in [0.1, 0.15) is 12.0 Å². The molecule has 0 aliphatic heterocycles. The molecule has 2 aromatic rings. The van der Waals surface area contributed by atoms with Gasteiger partial charge in [-0.05, 0) is 5.56 Å². The molecule has 0 amide bonds. The summed E-state index contributed by atoms with van der Waals surface area (Å²) in [7, 11) is 1.56. The van der Waals surface area contributed by atoms with Crippen LogP contribution in [0.3, 0.4) is 0 Å². The van der Waals surface area contributed by atoms with Crippen molar-refractivity contribution in [1.82, 2.24) is 0 Å². The minimum Gasteiger partial charge on any atom is -0.512 e. The van der Waals surface area contributed by atoms with Gasteiger partial charge in [-0.1, -0.05) is 36.4 Å². The molecule has 5 heteroatoms. The van der Waals surface area contributed by atoms with Crippen molar-refractivity contribution in [3.63, 3.8) is 0 Å². The van der Waals surface area contributed by atoms with Crippen molar-refractivity contribution in [2.45, 2.75) is 25.7 Å². The predicted molar refractivity (Wildman–Crippen MR) is 92.6 cm³/mol. The Morgan fingerprint density at radius 3 is 2.75 bits per heavy atom. The van der Waals surface area contributed by atoms with Crippen LogP contribution >= 0.6 is 0 Å². The van der Waals surface area contributed by atoms with Gasteiger partial charge in [0.25, 0.3) is 0 Å². The Morgan fingerprint density at radius 2 is 2.08 bits per heavy atom. The number of benzene rings is 1. The van der Waals surface area contributed by atoms with Gasteiger partial charge in [-0.15, -0.1) is 6.58 Å². The van der Waals surface area contributed by atoms with Crippen LogP contribution in [0.2, 0.25) is 0 Å². The number of allylic oxidation sites excluding steroid dienone is 1. The molecule has 128 valence electrons. The highest BCUT2D eigenvalue weighted by Crippen LogP contribution is 2.25. The molecule has 3 N–H and O–H groups in total. The van der Waals surface area contributed by atoms with Gasteiger partial charge in [-0.2, -0.15) is 0 Å². The molecule has 1 atom stereocenters. The first-order valence-electron chi connectivity index (χ1n) is 7.69. The SMILES string of the molecule is C=CC/C(O)=C(\Cc1occc1OC)C(N)OCc1ccccc1. The van der Waals surface area contributed by atoms with E-state index in [-0.39, 0.29) is 5.76 Å². The van der Waals surface area contributed by atoms with Crippen molar-refractivity contribution < 1.29 is 19.0 Å². The maximum absolute atomic E-state index is 10.3. The average Bonchev–Trinajstić information content (AvgIpc) is 3.06. The van der Waals surface area contributed by atoms with Gasteiger partial charge < -0.3 is 24.7 Å². The van der Waals surface area contributed by atoms with E-state index in [9.17, 15) is 5.11 Å². The Balaban J connectivity index is 2.13. The molecule has 2 rings (SSSR count). The molecule has 0 saturated heterocycles. The molecule has 1 unspecified atom stereocenters. The summed E-state index contributed by atoms with van der Waals surface area (Å²) in [5.41, 5.74) is 7.69. The first-order chi connectivity index (χ1) is 11.7. The van der Waals surface area contributed by atoms with Crippen molar-refractivity contribution in [3.8, 4) is 5.75 Å². The third-order valence-electron chi connectivity index (χ3n) is 3.60. The van der Waals surface area contributed by atoms with Gasteiger partial charge in [0.15, 0.2) is 5.75 Å². The van der Waals surface area contributed by atoms with E-state index in [4.69, 9.17) is 19.6 Å². The third kappa shape index (κ3) is 4.75. The minimum atomic E-state index is -0.764. The number of hydrogen-bond donors (Lipinski definition) is 2. The molecule has 5 nitrogen and oxygen atoms in total. The van der Waals surface area contributed by atoms with E-state index in [0.29, 0.717) is 36.5 Å². The Morgan fingerprint density at radius 1 is 1.33 bits per heavy atom. The lowest BCUT2D eigenvalue weighted by Gasteiger charge is -2.18. The van der Waals surface area contributed by atoms with Crippen LogP contribution in [0, 0.1) is 0 Å². The highest BCUT2D eigenvalue weighted by atomic mass is 16.5. The summed E-state index contributed by atoms with van der Waals surface area (Å²) >= 11 is 0. The molecule has 0 aliphatic rings. The maximum Gasteiger partial charge on any atom is 0.160 e. The lowest BCUT2D eigenvalue weighted by Crippen LogP contribution is -2.28. The first-order valence-corrected chi connectivity index (χ1v) is 7.69. The van der Waals surface area contributed by atoms with Crippen LogP contribution in [0.15, 0.2) is 71.1 Å². The van der Waals surface area contributed by atoms with Crippen molar-refractivity contribution in [2.75, 3.05) is 7.11 Å². The van der Waals surface area contributed by atoms with Crippen LogP contribution in [-0.4, -0.2) is 18.4 Å². The largest absolute Gasteiger partial charge is 0.512 e.